The van der Waals surface area contributed by atoms with Gasteiger partial charge in [-0.15, -0.1) is 11.3 Å². The van der Waals surface area contributed by atoms with Gasteiger partial charge >= 0.3 is 0 Å². The molecule has 3 heterocycles. The summed E-state index contributed by atoms with van der Waals surface area (Å²) >= 11 is 1.65. The molecule has 1 aliphatic rings. The molecule has 3 rings (SSSR count). The van der Waals surface area contributed by atoms with Crippen LogP contribution >= 0.6 is 11.3 Å². The van der Waals surface area contributed by atoms with E-state index in [-0.39, 0.29) is 0 Å². The highest BCUT2D eigenvalue weighted by Crippen LogP contribution is 2.17. The Morgan fingerprint density at radius 3 is 3.25 bits per heavy atom. The maximum absolute atomic E-state index is 4.33. The highest BCUT2D eigenvalue weighted by atomic mass is 32.1. The molecule has 0 unspecified atom stereocenters. The van der Waals surface area contributed by atoms with Gasteiger partial charge in [-0.3, -0.25) is 4.90 Å². The molecular weight excluding hydrogens is 220 g/mol. The van der Waals surface area contributed by atoms with Gasteiger partial charge in [0.05, 0.1) is 16.9 Å². The van der Waals surface area contributed by atoms with Crippen LogP contribution in [0.25, 0.3) is 0 Å². The molecule has 5 heteroatoms. The van der Waals surface area contributed by atoms with Gasteiger partial charge in [0.25, 0.3) is 0 Å². The van der Waals surface area contributed by atoms with Crippen molar-refractivity contribution in [1.82, 2.24) is 19.9 Å². The molecule has 0 bridgehead atoms. The molecule has 0 spiro atoms. The predicted molar refractivity (Wildman–Crippen MR) is 62.0 cm³/mol. The summed E-state index contributed by atoms with van der Waals surface area (Å²) in [7, 11) is 0. The van der Waals surface area contributed by atoms with Crippen LogP contribution in [-0.2, 0) is 19.5 Å². The van der Waals surface area contributed by atoms with Gasteiger partial charge in [-0.25, -0.2) is 15.0 Å². The fraction of sp³-hybridized carbons (Fsp3) is 0.364. The summed E-state index contributed by atoms with van der Waals surface area (Å²) < 4.78 is 0. The molecule has 82 valence electrons. The van der Waals surface area contributed by atoms with E-state index in [0.29, 0.717) is 0 Å². The van der Waals surface area contributed by atoms with Crippen LogP contribution in [-0.4, -0.2) is 26.4 Å². The Morgan fingerprint density at radius 2 is 2.38 bits per heavy atom. The van der Waals surface area contributed by atoms with Crippen LogP contribution in [0.2, 0.25) is 0 Å². The molecule has 0 radical (unpaired) electrons. The third kappa shape index (κ3) is 1.96. The predicted octanol–water partition coefficient (Wildman–Crippen LogP) is 1.49. The number of aromatic nitrogens is 3. The lowest BCUT2D eigenvalue weighted by Gasteiger charge is -2.26. The summed E-state index contributed by atoms with van der Waals surface area (Å²) in [6.45, 7) is 2.90. The quantitative estimate of drug-likeness (QED) is 0.786. The van der Waals surface area contributed by atoms with Crippen LogP contribution in [0.5, 0.6) is 0 Å². The van der Waals surface area contributed by atoms with E-state index >= 15 is 0 Å². The molecule has 0 saturated carbocycles. The fourth-order valence-electron chi connectivity index (χ4n) is 1.98. The highest BCUT2D eigenvalue weighted by Gasteiger charge is 2.17. The second-order valence-corrected chi connectivity index (χ2v) is 4.65. The topological polar surface area (TPSA) is 41.9 Å². The van der Waals surface area contributed by atoms with Gasteiger partial charge < -0.3 is 0 Å². The molecule has 16 heavy (non-hydrogen) atoms. The zero-order valence-corrected chi connectivity index (χ0v) is 9.65. The van der Waals surface area contributed by atoms with Gasteiger partial charge in [0, 0.05) is 31.2 Å². The minimum absolute atomic E-state index is 0.912. The normalized spacial score (nSPS) is 16.0. The van der Waals surface area contributed by atoms with Crippen molar-refractivity contribution in [2.24, 2.45) is 0 Å². The molecule has 2 aromatic heterocycles. The van der Waals surface area contributed by atoms with Crippen LogP contribution in [0.1, 0.15) is 17.0 Å². The largest absolute Gasteiger partial charge is 0.291 e. The maximum atomic E-state index is 4.33. The molecule has 0 aromatic carbocycles. The number of hydrogen-bond donors (Lipinski definition) is 0. The Bertz CT molecular complexity index is 469. The van der Waals surface area contributed by atoms with Crippen molar-refractivity contribution in [3.63, 3.8) is 0 Å². The van der Waals surface area contributed by atoms with E-state index in [1.165, 1.54) is 5.56 Å². The van der Waals surface area contributed by atoms with E-state index in [2.05, 4.69) is 25.2 Å². The molecular formula is C11H12N4S. The Kier molecular flexibility index (Phi) is 2.63. The zero-order chi connectivity index (χ0) is 10.8. The summed E-state index contributed by atoms with van der Waals surface area (Å²) in [5.74, 6) is 0. The van der Waals surface area contributed by atoms with Crippen LogP contribution in [0, 0.1) is 0 Å². The number of rotatable bonds is 2. The van der Waals surface area contributed by atoms with Gasteiger partial charge in [0.15, 0.2) is 0 Å². The van der Waals surface area contributed by atoms with Crippen molar-refractivity contribution in [3.8, 4) is 0 Å². The fourth-order valence-corrected chi connectivity index (χ4v) is 2.53. The Hall–Kier alpha value is -1.33. The SMILES string of the molecule is c1ncc2c(n1)CN(Cc1cscn1)CC2. The summed E-state index contributed by atoms with van der Waals surface area (Å²) in [6.07, 6.45) is 4.61. The second-order valence-electron chi connectivity index (χ2n) is 3.94. The van der Waals surface area contributed by atoms with E-state index in [1.807, 2.05) is 11.7 Å². The van der Waals surface area contributed by atoms with Crippen LogP contribution in [0.3, 0.4) is 0 Å². The number of hydrogen-bond acceptors (Lipinski definition) is 5. The summed E-state index contributed by atoms with van der Waals surface area (Å²) in [6, 6.07) is 0. The number of thiazole rings is 1. The van der Waals surface area contributed by atoms with E-state index in [4.69, 9.17) is 0 Å². The van der Waals surface area contributed by atoms with Crippen LogP contribution < -0.4 is 0 Å². The van der Waals surface area contributed by atoms with Gasteiger partial charge in [0.1, 0.15) is 6.33 Å². The first-order chi connectivity index (χ1) is 7.92. The Morgan fingerprint density at radius 1 is 1.38 bits per heavy atom. The average molecular weight is 232 g/mol. The lowest BCUT2D eigenvalue weighted by molar-refractivity contribution is 0.238. The smallest absolute Gasteiger partial charge is 0.115 e. The average Bonchev–Trinajstić information content (AvgIpc) is 2.82. The van der Waals surface area contributed by atoms with Crippen molar-refractivity contribution in [1.29, 1.82) is 0 Å². The monoisotopic (exact) mass is 232 g/mol. The highest BCUT2D eigenvalue weighted by molar-refractivity contribution is 7.07. The molecule has 4 nitrogen and oxygen atoms in total. The van der Waals surface area contributed by atoms with E-state index in [1.54, 1.807) is 17.7 Å². The first-order valence-corrected chi connectivity index (χ1v) is 6.23. The van der Waals surface area contributed by atoms with Crippen LogP contribution in [0.4, 0.5) is 0 Å². The number of nitrogens with zero attached hydrogens (tertiary/aromatic N) is 4. The molecule has 0 saturated heterocycles. The van der Waals surface area contributed by atoms with Crippen LogP contribution in [0.15, 0.2) is 23.4 Å². The molecule has 2 aromatic rings. The van der Waals surface area contributed by atoms with Crippen molar-refractivity contribution in [2.75, 3.05) is 6.54 Å². The molecule has 0 atom stereocenters. The van der Waals surface area contributed by atoms with Crippen molar-refractivity contribution in [2.45, 2.75) is 19.5 Å². The summed E-state index contributed by atoms with van der Waals surface area (Å²) in [5, 5.41) is 2.11. The first kappa shape index (κ1) is 9.86. The van der Waals surface area contributed by atoms with Gasteiger partial charge in [-0.05, 0) is 12.0 Å². The second kappa shape index (κ2) is 4.27. The first-order valence-electron chi connectivity index (χ1n) is 5.29. The minimum atomic E-state index is 0.912. The lowest BCUT2D eigenvalue weighted by Crippen LogP contribution is -2.30. The number of fused-ring (bicyclic) bond motifs is 1. The molecule has 0 aliphatic carbocycles. The van der Waals surface area contributed by atoms with E-state index in [0.717, 1.165) is 37.4 Å². The third-order valence-electron chi connectivity index (χ3n) is 2.82. The lowest BCUT2D eigenvalue weighted by atomic mass is 10.1. The summed E-state index contributed by atoms with van der Waals surface area (Å²) in [5.41, 5.74) is 5.49. The maximum Gasteiger partial charge on any atom is 0.115 e. The van der Waals surface area contributed by atoms with Gasteiger partial charge in [0.2, 0.25) is 0 Å². The molecule has 1 aliphatic heterocycles. The van der Waals surface area contributed by atoms with Gasteiger partial charge in [-0.2, -0.15) is 0 Å². The third-order valence-corrected chi connectivity index (χ3v) is 3.46. The standard InChI is InChI=1S/C11H12N4S/c1-2-15(4-10-6-16-8-14-10)5-11-9(1)3-12-7-13-11/h3,6-8H,1-2,4-5H2. The Labute approximate surface area is 98.0 Å². The summed E-state index contributed by atoms with van der Waals surface area (Å²) in [4.78, 5) is 15.1. The molecule has 0 fully saturated rings. The molecule has 0 amide bonds. The molecule has 0 N–H and O–H groups in total. The van der Waals surface area contributed by atoms with Crippen molar-refractivity contribution in [3.05, 3.63) is 40.4 Å². The van der Waals surface area contributed by atoms with Crippen molar-refractivity contribution >= 4 is 11.3 Å². The zero-order valence-electron chi connectivity index (χ0n) is 8.83. The minimum Gasteiger partial charge on any atom is -0.291 e. The van der Waals surface area contributed by atoms with E-state index < -0.39 is 0 Å². The van der Waals surface area contributed by atoms with E-state index in [9.17, 15) is 0 Å². The van der Waals surface area contributed by atoms with Gasteiger partial charge in [-0.1, -0.05) is 0 Å². The van der Waals surface area contributed by atoms with Crippen molar-refractivity contribution < 1.29 is 0 Å². The Balaban J connectivity index is 1.73.